The van der Waals surface area contributed by atoms with Crippen LogP contribution in [-0.2, 0) is 0 Å². The second-order valence-corrected chi connectivity index (χ2v) is 11.3. The average Bonchev–Trinajstić information content (AvgIpc) is 2.64. The molecule has 1 heteroatoms. The lowest BCUT2D eigenvalue weighted by Crippen LogP contribution is -2.35. The van der Waals surface area contributed by atoms with Crippen LogP contribution in [0.4, 0.5) is 0 Å². The Morgan fingerprint density at radius 3 is 1.84 bits per heavy atom. The van der Waals surface area contributed by atoms with Gasteiger partial charge in [0.1, 0.15) is 0 Å². The summed E-state index contributed by atoms with van der Waals surface area (Å²) in [5.74, 6) is 1.97. The lowest BCUT2D eigenvalue weighted by atomic mass is 9.73. The van der Waals surface area contributed by atoms with Gasteiger partial charge in [0.25, 0.3) is 0 Å². The molecule has 0 heterocycles. The predicted octanol–water partition coefficient (Wildman–Crippen LogP) is 9.08. The molecule has 0 aliphatic carbocycles. The highest BCUT2D eigenvalue weighted by Crippen LogP contribution is 2.52. The van der Waals surface area contributed by atoms with Crippen molar-refractivity contribution in [2.75, 3.05) is 0 Å². The van der Waals surface area contributed by atoms with E-state index in [2.05, 4.69) is 41.5 Å². The van der Waals surface area contributed by atoms with E-state index >= 15 is 0 Å². The Hall–Kier alpha value is 0.766. The fraction of sp³-hybridized carbons (Fsp3) is 1.00. The Kier molecular flexibility index (Phi) is 17.4. The molecule has 3 unspecified atom stereocenters. The van der Waals surface area contributed by atoms with Crippen LogP contribution >= 0.6 is 0 Å². The molecule has 0 radical (unpaired) electrons. The smallest absolute Gasteiger partial charge is 0.145 e. The van der Waals surface area contributed by atoms with E-state index in [0.29, 0.717) is 0 Å². The van der Waals surface area contributed by atoms with Crippen LogP contribution in [0.15, 0.2) is 0 Å². The molecule has 0 aromatic rings. The lowest BCUT2D eigenvalue weighted by Gasteiger charge is -2.47. The molecule has 0 bridgehead atoms. The minimum atomic E-state index is 0.0138. The van der Waals surface area contributed by atoms with E-state index in [1.807, 2.05) is 0 Å². The Labute approximate surface area is 171 Å². The van der Waals surface area contributed by atoms with Gasteiger partial charge in [0.15, 0.2) is 0 Å². The summed E-state index contributed by atoms with van der Waals surface area (Å²) in [4.78, 5) is 0. The summed E-state index contributed by atoms with van der Waals surface area (Å²) in [6, 6.07) is 0. The zero-order valence-corrected chi connectivity index (χ0v) is 20.4. The standard InChI is InChI=1S/C16H33.C8H17.Mg/c1-6-10-12-15(9-4)16(13-11-7-2)14(5)8-3;1-3-5-7-8-6-4-2;/h14-15H,6-13H2,1-5H3;1,3-8H2,2H3;. The van der Waals surface area contributed by atoms with Crippen LogP contribution in [0.3, 0.4) is 0 Å². The first-order valence-corrected chi connectivity index (χ1v) is 13.8. The van der Waals surface area contributed by atoms with Crippen LogP contribution in [0, 0.1) is 11.8 Å². The molecule has 0 aliphatic heterocycles. The molecule has 0 amide bonds. The molecular formula is C24H50Mg. The topological polar surface area (TPSA) is 0 Å². The van der Waals surface area contributed by atoms with Crippen molar-refractivity contribution < 1.29 is 0 Å². The van der Waals surface area contributed by atoms with Gasteiger partial charge < -0.3 is 0 Å². The van der Waals surface area contributed by atoms with E-state index < -0.39 is 0 Å². The zero-order chi connectivity index (χ0) is 19.0. The predicted molar refractivity (Wildman–Crippen MR) is 119 cm³/mol. The maximum Gasteiger partial charge on any atom is 0.374 e. The molecular weight excluding hydrogens is 313 g/mol. The largest absolute Gasteiger partial charge is 0.374 e. The van der Waals surface area contributed by atoms with Crippen LogP contribution in [0.2, 0.25) is 8.09 Å². The maximum absolute atomic E-state index is 2.61. The number of hydrogen-bond donors (Lipinski definition) is 0. The molecule has 0 nitrogen and oxygen atoms in total. The summed E-state index contributed by atoms with van der Waals surface area (Å²) in [5.41, 5.74) is 0. The highest BCUT2D eigenvalue weighted by Gasteiger charge is 2.40. The number of unbranched alkanes of at least 4 members (excludes halogenated alkanes) is 7. The molecule has 0 N–H and O–H groups in total. The lowest BCUT2D eigenvalue weighted by molar-refractivity contribution is 0.210. The van der Waals surface area contributed by atoms with E-state index in [4.69, 9.17) is 0 Å². The quantitative estimate of drug-likeness (QED) is 0.168. The van der Waals surface area contributed by atoms with Crippen LogP contribution in [0.5, 0.6) is 0 Å². The summed E-state index contributed by atoms with van der Waals surface area (Å²) in [5, 5.41) is 0. The van der Waals surface area contributed by atoms with Crippen LogP contribution in [0.1, 0.15) is 131 Å². The van der Waals surface area contributed by atoms with Crippen molar-refractivity contribution in [2.45, 2.75) is 140 Å². The first kappa shape index (κ1) is 25.8. The van der Waals surface area contributed by atoms with E-state index in [9.17, 15) is 0 Å². The summed E-state index contributed by atoms with van der Waals surface area (Å²) in [7, 11) is 0. The first-order valence-electron chi connectivity index (χ1n) is 12.1. The molecule has 3 atom stereocenters. The van der Waals surface area contributed by atoms with Crippen LogP contribution in [0.25, 0.3) is 0 Å². The molecule has 148 valence electrons. The minimum absolute atomic E-state index is 0.0138. The molecule has 0 aromatic carbocycles. The minimum Gasteiger partial charge on any atom is -0.145 e. The van der Waals surface area contributed by atoms with Crippen molar-refractivity contribution in [3.8, 4) is 0 Å². The Morgan fingerprint density at radius 2 is 1.28 bits per heavy atom. The van der Waals surface area contributed by atoms with Crippen LogP contribution < -0.4 is 0 Å². The van der Waals surface area contributed by atoms with E-state index in [-0.39, 0.29) is 20.4 Å². The second kappa shape index (κ2) is 16.9. The van der Waals surface area contributed by atoms with Crippen molar-refractivity contribution in [3.05, 3.63) is 0 Å². The van der Waals surface area contributed by atoms with Gasteiger partial charge in [-0.2, -0.15) is 0 Å². The van der Waals surface area contributed by atoms with Crippen molar-refractivity contribution in [3.63, 3.8) is 0 Å². The molecule has 0 aliphatic rings. The zero-order valence-electron chi connectivity index (χ0n) is 19.0. The van der Waals surface area contributed by atoms with Gasteiger partial charge in [-0.15, -0.1) is 8.09 Å². The third-order valence-corrected chi connectivity index (χ3v) is 10.5. The molecule has 0 rings (SSSR count). The van der Waals surface area contributed by atoms with E-state index in [0.717, 1.165) is 15.4 Å². The van der Waals surface area contributed by atoms with Gasteiger partial charge >= 0.3 is 20.4 Å². The van der Waals surface area contributed by atoms with Gasteiger partial charge in [-0.05, 0) is 0 Å². The summed E-state index contributed by atoms with van der Waals surface area (Å²) < 4.78 is 2.38. The van der Waals surface area contributed by atoms with E-state index in [1.165, 1.54) is 83.5 Å². The van der Waals surface area contributed by atoms with Gasteiger partial charge in [-0.25, -0.2) is 0 Å². The molecule has 25 heavy (non-hydrogen) atoms. The van der Waals surface area contributed by atoms with Gasteiger partial charge in [-0.1, -0.05) is 143 Å². The van der Waals surface area contributed by atoms with Crippen molar-refractivity contribution in [2.24, 2.45) is 11.8 Å². The first-order chi connectivity index (χ1) is 12.1. The fourth-order valence-corrected chi connectivity index (χ4v) is 8.55. The van der Waals surface area contributed by atoms with Gasteiger partial charge in [0.2, 0.25) is 0 Å². The fourth-order valence-electron chi connectivity index (χ4n) is 5.10. The average molecular weight is 363 g/mol. The third-order valence-electron chi connectivity index (χ3n) is 7.05. The number of hydrogen-bond acceptors (Lipinski definition) is 0. The molecule has 0 saturated carbocycles. The SMILES string of the molecule is CCCCCCC[CH2][Mg][C](CCCC)(C(C)CC)C(CC)CCCC. The summed E-state index contributed by atoms with van der Waals surface area (Å²) in [6.07, 6.45) is 20.4. The molecule has 0 spiro atoms. The summed E-state index contributed by atoms with van der Waals surface area (Å²) >= 11 is 0.0138. The van der Waals surface area contributed by atoms with Crippen molar-refractivity contribution in [1.82, 2.24) is 0 Å². The van der Waals surface area contributed by atoms with Gasteiger partial charge in [0.05, 0.1) is 0 Å². The summed E-state index contributed by atoms with van der Waals surface area (Å²) in [6.45, 7) is 14.6. The number of rotatable bonds is 18. The molecule has 0 saturated heterocycles. The molecule has 0 fully saturated rings. The van der Waals surface area contributed by atoms with Crippen molar-refractivity contribution >= 4 is 20.4 Å². The normalized spacial score (nSPS) is 16.2. The van der Waals surface area contributed by atoms with Gasteiger partial charge in [-0.3, -0.25) is 0 Å². The highest BCUT2D eigenvalue weighted by molar-refractivity contribution is 6.40. The second-order valence-electron chi connectivity index (χ2n) is 8.76. The van der Waals surface area contributed by atoms with E-state index in [1.54, 1.807) is 11.0 Å². The Morgan fingerprint density at radius 1 is 0.680 bits per heavy atom. The van der Waals surface area contributed by atoms with Gasteiger partial charge in [0, 0.05) is 0 Å². The van der Waals surface area contributed by atoms with Crippen molar-refractivity contribution in [1.29, 1.82) is 0 Å². The monoisotopic (exact) mass is 362 g/mol. The molecule has 0 aromatic heterocycles. The Bertz CT molecular complexity index is 275. The third kappa shape index (κ3) is 10.0. The van der Waals surface area contributed by atoms with Crippen LogP contribution in [-0.4, -0.2) is 20.4 Å². The highest BCUT2D eigenvalue weighted by atomic mass is 24.5. The maximum atomic E-state index is 2.61. The Balaban J connectivity index is 4.86.